The smallest absolute Gasteiger partial charge is 0.224 e. The molecule has 2 fully saturated rings. The maximum atomic E-state index is 12.1. The fourth-order valence-electron chi connectivity index (χ4n) is 2.90. The molecule has 1 amide bonds. The van der Waals surface area contributed by atoms with E-state index >= 15 is 0 Å². The number of piperidine rings is 1. The summed E-state index contributed by atoms with van der Waals surface area (Å²) in [6.07, 6.45) is 5.33. The van der Waals surface area contributed by atoms with Crippen molar-refractivity contribution in [2.45, 2.75) is 44.2 Å². The minimum absolute atomic E-state index is 0. The SMILES string of the molecule is CN(C)C1CCN(C(=O)CC2CCCN2)CC1.Cl.Cl. The molecule has 4 nitrogen and oxygen atoms in total. The van der Waals surface area contributed by atoms with Crippen LogP contribution < -0.4 is 5.32 Å². The summed E-state index contributed by atoms with van der Waals surface area (Å²) < 4.78 is 0. The highest BCUT2D eigenvalue weighted by atomic mass is 35.5. The van der Waals surface area contributed by atoms with Crippen molar-refractivity contribution in [3.05, 3.63) is 0 Å². The summed E-state index contributed by atoms with van der Waals surface area (Å²) in [7, 11) is 4.26. The van der Waals surface area contributed by atoms with Crippen LogP contribution in [0.3, 0.4) is 0 Å². The highest BCUT2D eigenvalue weighted by Crippen LogP contribution is 2.17. The van der Waals surface area contributed by atoms with Crippen molar-refractivity contribution < 1.29 is 4.79 Å². The first kappa shape index (κ1) is 19.0. The van der Waals surface area contributed by atoms with Crippen LogP contribution in [0, 0.1) is 0 Å². The molecule has 114 valence electrons. The number of nitrogens with one attached hydrogen (secondary N) is 1. The second-order valence-corrected chi connectivity index (χ2v) is 5.57. The molecule has 2 saturated heterocycles. The molecule has 2 aliphatic rings. The molecule has 0 aromatic carbocycles. The Morgan fingerprint density at radius 3 is 2.32 bits per heavy atom. The first-order chi connectivity index (χ1) is 8.16. The number of nitrogens with zero attached hydrogens (tertiary/aromatic N) is 2. The van der Waals surface area contributed by atoms with Gasteiger partial charge in [0.15, 0.2) is 0 Å². The van der Waals surface area contributed by atoms with Crippen LogP contribution in [-0.2, 0) is 4.79 Å². The third-order valence-corrected chi connectivity index (χ3v) is 4.13. The first-order valence-corrected chi connectivity index (χ1v) is 6.84. The summed E-state index contributed by atoms with van der Waals surface area (Å²) in [5, 5.41) is 3.40. The Balaban J connectivity index is 0.00000162. The van der Waals surface area contributed by atoms with Crippen LogP contribution in [-0.4, -0.2) is 61.5 Å². The van der Waals surface area contributed by atoms with Crippen LogP contribution in [0.15, 0.2) is 0 Å². The largest absolute Gasteiger partial charge is 0.343 e. The van der Waals surface area contributed by atoms with Gasteiger partial charge in [0.2, 0.25) is 5.91 Å². The quantitative estimate of drug-likeness (QED) is 0.858. The Morgan fingerprint density at radius 1 is 1.21 bits per heavy atom. The van der Waals surface area contributed by atoms with Crippen LogP contribution in [0.5, 0.6) is 0 Å². The van der Waals surface area contributed by atoms with Gasteiger partial charge in [-0.25, -0.2) is 0 Å². The fourth-order valence-corrected chi connectivity index (χ4v) is 2.90. The maximum absolute atomic E-state index is 12.1. The molecule has 0 aromatic rings. The van der Waals surface area contributed by atoms with E-state index < -0.39 is 0 Å². The second kappa shape index (κ2) is 9.01. The lowest BCUT2D eigenvalue weighted by Gasteiger charge is -2.35. The van der Waals surface area contributed by atoms with Crippen molar-refractivity contribution in [3.8, 4) is 0 Å². The summed E-state index contributed by atoms with van der Waals surface area (Å²) in [5.41, 5.74) is 0. The Kier molecular flexibility index (Phi) is 8.99. The predicted molar refractivity (Wildman–Crippen MR) is 83.4 cm³/mol. The standard InChI is InChI=1S/C13H25N3O.2ClH/c1-15(2)12-5-8-16(9-6-12)13(17)10-11-4-3-7-14-11;;/h11-12,14H,3-10H2,1-2H3;2*1H. The number of halogens is 2. The van der Waals surface area contributed by atoms with Crippen molar-refractivity contribution >= 4 is 30.7 Å². The lowest BCUT2D eigenvalue weighted by molar-refractivity contribution is -0.133. The number of hydrogen-bond donors (Lipinski definition) is 1. The molecule has 2 aliphatic heterocycles. The van der Waals surface area contributed by atoms with Crippen LogP contribution in [0.25, 0.3) is 0 Å². The highest BCUT2D eigenvalue weighted by molar-refractivity contribution is 5.85. The molecule has 1 unspecified atom stereocenters. The predicted octanol–water partition coefficient (Wildman–Crippen LogP) is 1.52. The summed E-state index contributed by atoms with van der Waals surface area (Å²) in [6.45, 7) is 2.96. The summed E-state index contributed by atoms with van der Waals surface area (Å²) >= 11 is 0. The van der Waals surface area contributed by atoms with Gasteiger partial charge in [0.25, 0.3) is 0 Å². The van der Waals surface area contributed by atoms with Gasteiger partial charge in [0.05, 0.1) is 0 Å². The van der Waals surface area contributed by atoms with E-state index in [0.717, 1.165) is 32.5 Å². The van der Waals surface area contributed by atoms with Gasteiger partial charge in [-0.1, -0.05) is 0 Å². The molecule has 0 spiro atoms. The number of carbonyl (C=O) groups excluding carboxylic acids is 1. The van der Waals surface area contributed by atoms with Crippen LogP contribution in [0.2, 0.25) is 0 Å². The number of rotatable bonds is 3. The minimum Gasteiger partial charge on any atom is -0.343 e. The van der Waals surface area contributed by atoms with Crippen LogP contribution >= 0.6 is 24.8 Å². The Hall–Kier alpha value is -0.0300. The molecule has 0 bridgehead atoms. The van der Waals surface area contributed by atoms with Gasteiger partial charge in [-0.15, -0.1) is 24.8 Å². The third kappa shape index (κ3) is 5.46. The molecular weight excluding hydrogens is 285 g/mol. The zero-order valence-electron chi connectivity index (χ0n) is 11.9. The van der Waals surface area contributed by atoms with Gasteiger partial charge in [-0.3, -0.25) is 4.79 Å². The second-order valence-electron chi connectivity index (χ2n) is 5.57. The topological polar surface area (TPSA) is 35.6 Å². The van der Waals surface area contributed by atoms with Crippen LogP contribution in [0.4, 0.5) is 0 Å². The van der Waals surface area contributed by atoms with Crippen molar-refractivity contribution in [1.29, 1.82) is 0 Å². The van der Waals surface area contributed by atoms with E-state index in [9.17, 15) is 4.79 Å². The maximum Gasteiger partial charge on any atom is 0.224 e. The number of hydrogen-bond acceptors (Lipinski definition) is 3. The Labute approximate surface area is 129 Å². The van der Waals surface area contributed by atoms with Crippen LogP contribution in [0.1, 0.15) is 32.1 Å². The zero-order chi connectivity index (χ0) is 12.3. The van der Waals surface area contributed by atoms with Gasteiger partial charge in [0.1, 0.15) is 0 Å². The number of carbonyl (C=O) groups is 1. The molecule has 0 aromatic heterocycles. The fraction of sp³-hybridized carbons (Fsp3) is 0.923. The Bertz CT molecular complexity index is 263. The van der Waals surface area contributed by atoms with Crippen molar-refractivity contribution in [3.63, 3.8) is 0 Å². The van der Waals surface area contributed by atoms with E-state index in [1.54, 1.807) is 0 Å². The third-order valence-electron chi connectivity index (χ3n) is 4.13. The van der Waals surface area contributed by atoms with Crippen molar-refractivity contribution in [2.24, 2.45) is 0 Å². The van der Waals surface area contributed by atoms with Gasteiger partial charge >= 0.3 is 0 Å². The number of amides is 1. The molecule has 6 heteroatoms. The highest BCUT2D eigenvalue weighted by Gasteiger charge is 2.26. The van der Waals surface area contributed by atoms with Gasteiger partial charge in [-0.05, 0) is 46.3 Å². The average molecular weight is 312 g/mol. The van der Waals surface area contributed by atoms with E-state index in [1.165, 1.54) is 12.8 Å². The first-order valence-electron chi connectivity index (χ1n) is 6.84. The van der Waals surface area contributed by atoms with Gasteiger partial charge in [0, 0.05) is 31.6 Å². The molecule has 1 atom stereocenters. The summed E-state index contributed by atoms with van der Waals surface area (Å²) in [5.74, 6) is 0.349. The van der Waals surface area contributed by atoms with E-state index in [1.807, 2.05) is 0 Å². The lowest BCUT2D eigenvalue weighted by atomic mass is 10.0. The van der Waals surface area contributed by atoms with E-state index in [-0.39, 0.29) is 24.8 Å². The summed E-state index contributed by atoms with van der Waals surface area (Å²) in [6, 6.07) is 1.10. The molecule has 19 heavy (non-hydrogen) atoms. The van der Waals surface area contributed by atoms with E-state index in [0.29, 0.717) is 24.4 Å². The van der Waals surface area contributed by atoms with Gasteiger partial charge in [-0.2, -0.15) is 0 Å². The molecular formula is C13H27Cl2N3O. The number of likely N-dealkylation sites (tertiary alicyclic amines) is 1. The van der Waals surface area contributed by atoms with Crippen molar-refractivity contribution in [2.75, 3.05) is 33.7 Å². The monoisotopic (exact) mass is 311 g/mol. The average Bonchev–Trinajstić information content (AvgIpc) is 2.82. The van der Waals surface area contributed by atoms with Gasteiger partial charge < -0.3 is 15.1 Å². The molecule has 1 N–H and O–H groups in total. The minimum atomic E-state index is 0. The molecule has 0 saturated carbocycles. The molecule has 2 rings (SSSR count). The molecule has 0 aliphatic carbocycles. The molecule has 0 radical (unpaired) electrons. The van der Waals surface area contributed by atoms with E-state index in [2.05, 4.69) is 29.2 Å². The Morgan fingerprint density at radius 2 is 1.84 bits per heavy atom. The summed E-state index contributed by atoms with van der Waals surface area (Å²) in [4.78, 5) is 16.4. The zero-order valence-corrected chi connectivity index (χ0v) is 13.6. The van der Waals surface area contributed by atoms with Crippen molar-refractivity contribution in [1.82, 2.24) is 15.1 Å². The van der Waals surface area contributed by atoms with E-state index in [4.69, 9.17) is 0 Å². The normalized spacial score (nSPS) is 23.9. The molecule has 2 heterocycles. The lowest BCUT2D eigenvalue weighted by Crippen LogP contribution is -2.45.